The number of aromatic nitrogens is 1. The van der Waals surface area contributed by atoms with Crippen molar-refractivity contribution in [1.82, 2.24) is 9.47 Å². The van der Waals surface area contributed by atoms with E-state index in [9.17, 15) is 19.6 Å². The summed E-state index contributed by atoms with van der Waals surface area (Å²) in [6, 6.07) is 2.10. The van der Waals surface area contributed by atoms with Gasteiger partial charge in [0.15, 0.2) is 0 Å². The first-order valence-corrected chi connectivity index (χ1v) is 14.9. The van der Waals surface area contributed by atoms with Gasteiger partial charge in [0.2, 0.25) is 0 Å². The number of esters is 1. The van der Waals surface area contributed by atoms with Gasteiger partial charge in [0.05, 0.1) is 17.4 Å². The molecule has 0 spiro atoms. The largest absolute Gasteiger partial charge is 0.466 e. The van der Waals surface area contributed by atoms with Gasteiger partial charge >= 0.3 is 5.97 Å². The van der Waals surface area contributed by atoms with Crippen LogP contribution >= 0.6 is 24.0 Å². The molecular formula is C28H38N4O4S2. The molecular weight excluding hydrogens is 520 g/mol. The Labute approximate surface area is 235 Å². The van der Waals surface area contributed by atoms with Crippen molar-refractivity contribution in [2.24, 2.45) is 5.92 Å². The molecule has 8 nitrogen and oxygen atoms in total. The van der Waals surface area contributed by atoms with Crippen LogP contribution in [-0.2, 0) is 20.9 Å². The first-order chi connectivity index (χ1) is 18.3. The van der Waals surface area contributed by atoms with Gasteiger partial charge in [-0.1, -0.05) is 57.1 Å². The van der Waals surface area contributed by atoms with Gasteiger partial charge in [-0.15, -0.1) is 0 Å². The quantitative estimate of drug-likeness (QED) is 0.162. The van der Waals surface area contributed by atoms with Crippen molar-refractivity contribution >= 4 is 52.1 Å². The van der Waals surface area contributed by atoms with Crippen molar-refractivity contribution in [3.8, 4) is 6.07 Å². The molecule has 2 aliphatic heterocycles. The lowest BCUT2D eigenvalue weighted by molar-refractivity contribution is -0.148. The highest BCUT2D eigenvalue weighted by molar-refractivity contribution is 8.26. The van der Waals surface area contributed by atoms with E-state index < -0.39 is 0 Å². The van der Waals surface area contributed by atoms with Crippen LogP contribution < -0.4 is 10.5 Å². The molecule has 0 radical (unpaired) electrons. The fraction of sp³-hybridized carbons (Fsp3) is 0.607. The maximum atomic E-state index is 13.5. The number of carbonyl (C=O) groups is 2. The molecule has 0 saturated carbocycles. The maximum Gasteiger partial charge on any atom is 0.310 e. The summed E-state index contributed by atoms with van der Waals surface area (Å²) in [4.78, 5) is 43.7. The Morgan fingerprint density at radius 3 is 2.58 bits per heavy atom. The Kier molecular flexibility index (Phi) is 11.0. The first kappa shape index (κ1) is 29.9. The molecule has 10 heteroatoms. The number of ether oxygens (including phenoxy) is 1. The van der Waals surface area contributed by atoms with E-state index in [1.165, 1.54) is 11.8 Å². The molecule has 0 aromatic carbocycles. The standard InChI is InChI=1S/C28H38N4O4S2/c1-5-8-10-15-32-26(34)23(38-28(32)37)16-21-19(4)22(17-29)25(33)31(14-9-6-2)24(21)30-13-11-12-20(18-30)27(35)36-7-3/h16,20H,5-15,18H2,1-4H3/b23-16+. The Hall–Kier alpha value is -2.64. The average Bonchev–Trinajstić information content (AvgIpc) is 3.17. The third-order valence-electron chi connectivity index (χ3n) is 7.06. The van der Waals surface area contributed by atoms with Crippen LogP contribution in [0.2, 0.25) is 0 Å². The SMILES string of the molecule is CCCCCN1C(=O)/C(=C\c2c(C)c(C#N)c(=O)n(CCCC)c2N2CCCC(C(=O)OCC)C2)SC1=S. The Morgan fingerprint density at radius 2 is 1.92 bits per heavy atom. The number of thiocarbonyl (C=S) groups is 1. The topological polar surface area (TPSA) is 95.6 Å². The average molecular weight is 559 g/mol. The number of pyridine rings is 1. The third-order valence-corrected chi connectivity index (χ3v) is 8.43. The van der Waals surface area contributed by atoms with Gasteiger partial charge in [-0.3, -0.25) is 23.9 Å². The third kappa shape index (κ3) is 6.49. The summed E-state index contributed by atoms with van der Waals surface area (Å²) in [6.07, 6.45) is 7.85. The Balaban J connectivity index is 2.15. The lowest BCUT2D eigenvalue weighted by atomic mass is 9.96. The van der Waals surface area contributed by atoms with Crippen LogP contribution in [0.1, 0.15) is 82.4 Å². The van der Waals surface area contributed by atoms with Gasteiger partial charge in [-0.05, 0) is 51.2 Å². The minimum Gasteiger partial charge on any atom is -0.466 e. The monoisotopic (exact) mass is 558 g/mol. The number of rotatable bonds is 11. The van der Waals surface area contributed by atoms with Crippen molar-refractivity contribution in [3.05, 3.63) is 31.9 Å². The molecule has 0 aliphatic carbocycles. The maximum absolute atomic E-state index is 13.5. The minimum absolute atomic E-state index is 0.0773. The summed E-state index contributed by atoms with van der Waals surface area (Å²) < 4.78 is 7.49. The fourth-order valence-electron chi connectivity index (χ4n) is 4.97. The predicted molar refractivity (Wildman–Crippen MR) is 156 cm³/mol. The number of piperidine rings is 1. The Bertz CT molecular complexity index is 1200. The van der Waals surface area contributed by atoms with Crippen LogP contribution in [0, 0.1) is 24.2 Å². The van der Waals surface area contributed by atoms with Crippen LogP contribution in [0.5, 0.6) is 0 Å². The second-order valence-electron chi connectivity index (χ2n) is 9.74. The van der Waals surface area contributed by atoms with Crippen LogP contribution in [0.25, 0.3) is 6.08 Å². The van der Waals surface area contributed by atoms with E-state index in [-0.39, 0.29) is 28.9 Å². The highest BCUT2D eigenvalue weighted by Crippen LogP contribution is 2.37. The second-order valence-corrected chi connectivity index (χ2v) is 11.4. The number of anilines is 1. The molecule has 38 heavy (non-hydrogen) atoms. The van der Waals surface area contributed by atoms with E-state index in [0.29, 0.717) is 59.0 Å². The number of nitriles is 1. The van der Waals surface area contributed by atoms with Crippen molar-refractivity contribution < 1.29 is 14.3 Å². The van der Waals surface area contributed by atoms with Gasteiger partial charge in [0, 0.05) is 31.7 Å². The summed E-state index contributed by atoms with van der Waals surface area (Å²) in [5.41, 5.74) is 0.940. The lowest BCUT2D eigenvalue weighted by Gasteiger charge is -2.36. The summed E-state index contributed by atoms with van der Waals surface area (Å²) in [7, 11) is 0. The molecule has 2 saturated heterocycles. The smallest absolute Gasteiger partial charge is 0.310 e. The van der Waals surface area contributed by atoms with Gasteiger partial charge in [-0.25, -0.2) is 0 Å². The zero-order valence-corrected chi connectivity index (χ0v) is 24.5. The summed E-state index contributed by atoms with van der Waals surface area (Å²) in [6.45, 7) is 10.1. The lowest BCUT2D eigenvalue weighted by Crippen LogP contribution is -2.43. The molecule has 2 aliphatic rings. The summed E-state index contributed by atoms with van der Waals surface area (Å²) >= 11 is 6.79. The van der Waals surface area contributed by atoms with Crippen LogP contribution in [0.15, 0.2) is 9.70 Å². The number of hydrogen-bond donors (Lipinski definition) is 0. The molecule has 2 fully saturated rings. The predicted octanol–water partition coefficient (Wildman–Crippen LogP) is 5.00. The molecule has 0 N–H and O–H groups in total. The van der Waals surface area contributed by atoms with Crippen molar-refractivity contribution in [2.75, 3.05) is 31.1 Å². The van der Waals surface area contributed by atoms with E-state index in [1.807, 2.05) is 6.92 Å². The van der Waals surface area contributed by atoms with E-state index in [2.05, 4.69) is 17.9 Å². The van der Waals surface area contributed by atoms with Gasteiger partial charge in [0.25, 0.3) is 11.5 Å². The molecule has 206 valence electrons. The van der Waals surface area contributed by atoms with Gasteiger partial charge < -0.3 is 9.64 Å². The molecule has 1 aromatic heterocycles. The normalized spacial score (nSPS) is 18.8. The van der Waals surface area contributed by atoms with Gasteiger partial charge in [-0.2, -0.15) is 5.26 Å². The van der Waals surface area contributed by atoms with Crippen molar-refractivity contribution in [2.45, 2.75) is 79.2 Å². The van der Waals surface area contributed by atoms with Crippen LogP contribution in [0.3, 0.4) is 0 Å². The van der Waals surface area contributed by atoms with Crippen LogP contribution in [-0.4, -0.2) is 51.9 Å². The molecule has 0 bridgehead atoms. The number of carbonyl (C=O) groups excluding carboxylic acids is 2. The highest BCUT2D eigenvalue weighted by atomic mass is 32.2. The summed E-state index contributed by atoms with van der Waals surface area (Å²) in [5, 5.41) is 9.91. The van der Waals surface area contributed by atoms with Gasteiger partial charge in [0.1, 0.15) is 21.8 Å². The van der Waals surface area contributed by atoms with E-state index in [0.717, 1.165) is 44.9 Å². The molecule has 1 unspecified atom stereocenters. The van der Waals surface area contributed by atoms with E-state index >= 15 is 0 Å². The minimum atomic E-state index is -0.337. The number of thioether (sulfide) groups is 1. The van der Waals surface area contributed by atoms with Crippen molar-refractivity contribution in [1.29, 1.82) is 5.26 Å². The number of unbranched alkanes of at least 4 members (excludes halogenated alkanes) is 3. The first-order valence-electron chi connectivity index (χ1n) is 13.6. The molecule has 1 aromatic rings. The van der Waals surface area contributed by atoms with Crippen LogP contribution in [0.4, 0.5) is 5.82 Å². The van der Waals surface area contributed by atoms with E-state index in [1.54, 1.807) is 29.4 Å². The molecule has 3 rings (SSSR count). The molecule has 1 amide bonds. The Morgan fingerprint density at radius 1 is 1.18 bits per heavy atom. The molecule has 1 atom stereocenters. The molecule has 3 heterocycles. The zero-order valence-electron chi connectivity index (χ0n) is 22.9. The second kappa shape index (κ2) is 13.9. The fourth-order valence-corrected chi connectivity index (χ4v) is 6.26. The zero-order chi connectivity index (χ0) is 27.8. The van der Waals surface area contributed by atoms with Crippen molar-refractivity contribution in [3.63, 3.8) is 0 Å². The number of nitrogens with zero attached hydrogens (tertiary/aromatic N) is 4. The van der Waals surface area contributed by atoms with E-state index in [4.69, 9.17) is 17.0 Å². The highest BCUT2D eigenvalue weighted by Gasteiger charge is 2.34. The number of amides is 1. The summed E-state index contributed by atoms with van der Waals surface area (Å²) in [5.74, 6) is -0.0296. The number of hydrogen-bond acceptors (Lipinski definition) is 8.